The van der Waals surface area contributed by atoms with E-state index in [9.17, 15) is 14.4 Å². The highest BCUT2D eigenvalue weighted by Crippen LogP contribution is 2.26. The van der Waals surface area contributed by atoms with Crippen LogP contribution in [0.15, 0.2) is 30.3 Å². The summed E-state index contributed by atoms with van der Waals surface area (Å²) in [5, 5.41) is 2.68. The molecule has 2 atom stereocenters. The van der Waals surface area contributed by atoms with E-state index in [1.807, 2.05) is 37.3 Å². The molecule has 0 aliphatic rings. The van der Waals surface area contributed by atoms with E-state index in [-0.39, 0.29) is 38.0 Å². The summed E-state index contributed by atoms with van der Waals surface area (Å²) < 4.78 is 16.1. The van der Waals surface area contributed by atoms with Gasteiger partial charge in [-0.2, -0.15) is 0 Å². The SMILES string of the molecule is CCCC(CC(N)=O)C(=O)N(COCCOCCOC)[C@@](C)(Cc1ccccc1)C(=O)NC. The van der Waals surface area contributed by atoms with Gasteiger partial charge in [0.2, 0.25) is 17.7 Å². The van der Waals surface area contributed by atoms with Crippen molar-refractivity contribution >= 4 is 17.7 Å². The van der Waals surface area contributed by atoms with Crippen molar-refractivity contribution in [1.82, 2.24) is 10.2 Å². The number of carbonyl (C=O) groups excluding carboxylic acids is 3. The Morgan fingerprint density at radius 2 is 1.73 bits per heavy atom. The number of ether oxygens (including phenoxy) is 3. The number of carbonyl (C=O) groups is 3. The number of likely N-dealkylation sites (N-methyl/N-ethyl adjacent to an activating group) is 1. The Morgan fingerprint density at radius 1 is 1.09 bits per heavy atom. The van der Waals surface area contributed by atoms with Crippen LogP contribution >= 0.6 is 0 Å². The molecule has 1 rings (SSSR count). The van der Waals surface area contributed by atoms with Crippen LogP contribution in [0.3, 0.4) is 0 Å². The van der Waals surface area contributed by atoms with Gasteiger partial charge in [0.25, 0.3) is 0 Å². The summed E-state index contributed by atoms with van der Waals surface area (Å²) in [5.41, 5.74) is 5.07. The molecule has 1 unspecified atom stereocenters. The number of rotatable bonds is 17. The molecule has 0 aromatic heterocycles. The van der Waals surface area contributed by atoms with Crippen LogP contribution in [-0.4, -0.2) is 75.5 Å². The van der Waals surface area contributed by atoms with Crippen molar-refractivity contribution in [2.24, 2.45) is 11.7 Å². The summed E-state index contributed by atoms with van der Waals surface area (Å²) in [4.78, 5) is 39.8. The number of nitrogens with two attached hydrogens (primary N) is 1. The first kappa shape index (κ1) is 28.5. The average molecular weight is 466 g/mol. The van der Waals surface area contributed by atoms with Gasteiger partial charge in [0.15, 0.2) is 0 Å². The molecule has 0 saturated heterocycles. The quantitative estimate of drug-likeness (QED) is 0.266. The molecule has 9 nitrogen and oxygen atoms in total. The van der Waals surface area contributed by atoms with Crippen LogP contribution < -0.4 is 11.1 Å². The zero-order valence-electron chi connectivity index (χ0n) is 20.3. The minimum atomic E-state index is -1.24. The van der Waals surface area contributed by atoms with Crippen molar-refractivity contribution in [1.29, 1.82) is 0 Å². The van der Waals surface area contributed by atoms with Gasteiger partial charge in [0, 0.05) is 32.9 Å². The monoisotopic (exact) mass is 465 g/mol. The number of benzene rings is 1. The maximum Gasteiger partial charge on any atom is 0.245 e. The molecule has 1 aromatic carbocycles. The van der Waals surface area contributed by atoms with Gasteiger partial charge in [0.1, 0.15) is 12.3 Å². The lowest BCUT2D eigenvalue weighted by Gasteiger charge is -2.41. The van der Waals surface area contributed by atoms with Gasteiger partial charge in [-0.3, -0.25) is 14.4 Å². The second-order valence-corrected chi connectivity index (χ2v) is 8.08. The Labute approximate surface area is 196 Å². The first-order valence-electron chi connectivity index (χ1n) is 11.3. The molecule has 0 aliphatic heterocycles. The average Bonchev–Trinajstić information content (AvgIpc) is 2.80. The van der Waals surface area contributed by atoms with Gasteiger partial charge in [-0.15, -0.1) is 0 Å². The van der Waals surface area contributed by atoms with E-state index in [2.05, 4.69) is 5.32 Å². The van der Waals surface area contributed by atoms with E-state index in [4.69, 9.17) is 19.9 Å². The largest absolute Gasteiger partial charge is 0.382 e. The summed E-state index contributed by atoms with van der Waals surface area (Å²) in [7, 11) is 3.13. The molecule has 1 aromatic rings. The predicted octanol–water partition coefficient (Wildman–Crippen LogP) is 1.49. The number of nitrogens with one attached hydrogen (secondary N) is 1. The van der Waals surface area contributed by atoms with Crippen LogP contribution in [0.4, 0.5) is 0 Å². The lowest BCUT2D eigenvalue weighted by atomic mass is 9.87. The number of nitrogens with zero attached hydrogens (tertiary/aromatic N) is 1. The highest BCUT2D eigenvalue weighted by atomic mass is 16.5. The van der Waals surface area contributed by atoms with Crippen molar-refractivity contribution in [3.8, 4) is 0 Å². The Hall–Kier alpha value is -2.49. The highest BCUT2D eigenvalue weighted by molar-refractivity contribution is 5.93. The topological polar surface area (TPSA) is 120 Å². The van der Waals surface area contributed by atoms with Crippen LogP contribution in [0, 0.1) is 5.92 Å². The fourth-order valence-corrected chi connectivity index (χ4v) is 3.65. The summed E-state index contributed by atoms with van der Waals surface area (Å²) in [5.74, 6) is -1.85. The van der Waals surface area contributed by atoms with E-state index >= 15 is 0 Å². The molecule has 0 saturated carbocycles. The molecule has 186 valence electrons. The Morgan fingerprint density at radius 3 is 2.30 bits per heavy atom. The van der Waals surface area contributed by atoms with Crippen LogP contribution in [0.2, 0.25) is 0 Å². The van der Waals surface area contributed by atoms with Crippen LogP contribution in [0.25, 0.3) is 0 Å². The molecule has 0 spiro atoms. The molecule has 0 bridgehead atoms. The maximum atomic E-state index is 13.6. The fourth-order valence-electron chi connectivity index (χ4n) is 3.65. The third kappa shape index (κ3) is 9.49. The standard InChI is InChI=1S/C24H39N3O6/c1-5-9-20(16-21(25)28)22(29)27(18-33-15-14-32-13-12-31-4)24(2,23(30)26-3)17-19-10-7-6-8-11-19/h6-8,10-11,20H,5,9,12-18H2,1-4H3,(H2,25,28)(H,26,30)/t20?,24-/m0/s1. The van der Waals surface area contributed by atoms with Crippen molar-refractivity contribution in [3.05, 3.63) is 35.9 Å². The molecular weight excluding hydrogens is 426 g/mol. The zero-order chi connectivity index (χ0) is 24.7. The van der Waals surface area contributed by atoms with E-state index < -0.39 is 17.4 Å². The van der Waals surface area contributed by atoms with Crippen molar-refractivity contribution in [2.45, 2.75) is 45.1 Å². The van der Waals surface area contributed by atoms with E-state index in [0.717, 1.165) is 5.56 Å². The lowest BCUT2D eigenvalue weighted by Crippen LogP contribution is -2.61. The number of amides is 3. The van der Waals surface area contributed by atoms with Gasteiger partial charge in [-0.25, -0.2) is 0 Å². The normalized spacial score (nSPS) is 13.7. The van der Waals surface area contributed by atoms with Crippen LogP contribution in [0.1, 0.15) is 38.7 Å². The third-order valence-electron chi connectivity index (χ3n) is 5.43. The molecule has 3 amide bonds. The summed E-state index contributed by atoms with van der Waals surface area (Å²) in [6.07, 6.45) is 1.37. The molecule has 0 radical (unpaired) electrons. The molecule has 3 N–H and O–H groups in total. The minimum Gasteiger partial charge on any atom is -0.382 e. The van der Waals surface area contributed by atoms with E-state index in [1.165, 1.54) is 11.9 Å². The zero-order valence-corrected chi connectivity index (χ0v) is 20.3. The van der Waals surface area contributed by atoms with Crippen molar-refractivity contribution in [2.75, 3.05) is 47.3 Å². The third-order valence-corrected chi connectivity index (χ3v) is 5.43. The minimum absolute atomic E-state index is 0.0849. The van der Waals surface area contributed by atoms with Gasteiger partial charge in [-0.05, 0) is 18.9 Å². The van der Waals surface area contributed by atoms with Crippen LogP contribution in [0.5, 0.6) is 0 Å². The molecule has 9 heteroatoms. The Bertz CT molecular complexity index is 730. The number of methoxy groups -OCH3 is 1. The van der Waals surface area contributed by atoms with Crippen LogP contribution in [-0.2, 0) is 35.0 Å². The first-order valence-corrected chi connectivity index (χ1v) is 11.3. The van der Waals surface area contributed by atoms with Gasteiger partial charge in [-0.1, -0.05) is 43.7 Å². The summed E-state index contributed by atoms with van der Waals surface area (Å²) >= 11 is 0. The van der Waals surface area contributed by atoms with Crippen molar-refractivity contribution in [3.63, 3.8) is 0 Å². The van der Waals surface area contributed by atoms with Gasteiger partial charge in [0.05, 0.1) is 26.4 Å². The number of hydrogen-bond acceptors (Lipinski definition) is 6. The highest BCUT2D eigenvalue weighted by Gasteiger charge is 2.44. The Balaban J connectivity index is 3.17. The Kier molecular flexibility index (Phi) is 13.3. The number of primary amides is 1. The molecular formula is C24H39N3O6. The summed E-state index contributed by atoms with van der Waals surface area (Å²) in [6, 6.07) is 9.46. The van der Waals surface area contributed by atoms with Gasteiger partial charge < -0.3 is 30.2 Å². The molecule has 33 heavy (non-hydrogen) atoms. The second-order valence-electron chi connectivity index (χ2n) is 8.08. The lowest BCUT2D eigenvalue weighted by molar-refractivity contribution is -0.159. The van der Waals surface area contributed by atoms with E-state index in [1.54, 1.807) is 14.0 Å². The fraction of sp³-hybridized carbons (Fsp3) is 0.625. The molecule has 0 heterocycles. The maximum absolute atomic E-state index is 13.6. The smallest absolute Gasteiger partial charge is 0.245 e. The first-order chi connectivity index (χ1) is 15.8. The summed E-state index contributed by atoms with van der Waals surface area (Å²) in [6.45, 7) is 4.98. The van der Waals surface area contributed by atoms with E-state index in [0.29, 0.717) is 32.7 Å². The molecule has 0 aliphatic carbocycles. The van der Waals surface area contributed by atoms with Gasteiger partial charge >= 0.3 is 0 Å². The van der Waals surface area contributed by atoms with Crippen molar-refractivity contribution < 1.29 is 28.6 Å². The second kappa shape index (κ2) is 15.4. The molecule has 0 fully saturated rings. The number of hydrogen-bond donors (Lipinski definition) is 2. The predicted molar refractivity (Wildman–Crippen MR) is 125 cm³/mol.